The molecule has 2 N–H and O–H groups in total. The van der Waals surface area contributed by atoms with E-state index in [1.54, 1.807) is 0 Å². The molecule has 0 unspecified atom stereocenters. The third-order valence-corrected chi connectivity index (χ3v) is 6.62. The van der Waals surface area contributed by atoms with Gasteiger partial charge in [-0.3, -0.25) is 4.79 Å². The van der Waals surface area contributed by atoms with Gasteiger partial charge in [0, 0.05) is 19.6 Å². The Morgan fingerprint density at radius 2 is 1.83 bits per heavy atom. The van der Waals surface area contributed by atoms with Gasteiger partial charge in [0.25, 0.3) is 0 Å². The first-order valence-corrected chi connectivity index (χ1v) is 13.9. The maximum absolute atomic E-state index is 12.8. The molecule has 0 radical (unpaired) electrons. The molecule has 160 valence electrons. The molecule has 2 aromatic carbocycles. The zero-order valence-electron chi connectivity index (χ0n) is 18.4. The molecule has 0 bridgehead atoms. The van der Waals surface area contributed by atoms with Crippen LogP contribution in [-0.4, -0.2) is 44.1 Å². The zero-order chi connectivity index (χ0) is 21.6. The van der Waals surface area contributed by atoms with Gasteiger partial charge in [-0.2, -0.15) is 0 Å². The summed E-state index contributed by atoms with van der Waals surface area (Å²) < 4.78 is 0. The molecule has 0 aliphatic carbocycles. The number of rotatable bonds is 7. The number of carbonyl (C=O) groups is 1. The van der Waals surface area contributed by atoms with Gasteiger partial charge in [-0.05, 0) is 61.2 Å². The predicted molar refractivity (Wildman–Crippen MR) is 127 cm³/mol. The summed E-state index contributed by atoms with van der Waals surface area (Å²) in [7, 11) is -0.248. The van der Waals surface area contributed by atoms with E-state index < -0.39 is 8.32 Å². The molecule has 1 saturated heterocycles. The van der Waals surface area contributed by atoms with Crippen LogP contribution in [0.25, 0.3) is 6.08 Å². The number of nitrogens with one attached hydrogen (secondary N) is 1. The fraction of sp³-hybridized carbons (Fsp3) is 0.400. The van der Waals surface area contributed by atoms with Crippen molar-refractivity contribution in [2.45, 2.75) is 44.8 Å². The number of amides is 1. The Labute approximate surface area is 181 Å². The van der Waals surface area contributed by atoms with Gasteiger partial charge in [0.2, 0.25) is 14.2 Å². The lowest BCUT2D eigenvalue weighted by Crippen LogP contribution is -2.38. The minimum Gasteiger partial charge on any atom is -0.428 e. The minimum atomic E-state index is -2.22. The second-order valence-electron chi connectivity index (χ2n) is 8.84. The van der Waals surface area contributed by atoms with Crippen molar-refractivity contribution in [1.82, 2.24) is 10.2 Å². The van der Waals surface area contributed by atoms with Crippen LogP contribution < -0.4 is 5.32 Å². The standard InChI is InChI=1S/C25H34N2O2Si/c1-26-19-22-8-5-9-24(17-22)23-10-13-27(14-11-23)25(28)18-21-7-4-6-20(16-21)12-15-30(2,3)29/h4-9,12,15-17,23,26,29H,10-11,13-14,18-19H2,1-3H3/b15-12+. The first kappa shape index (κ1) is 22.5. The Kier molecular flexibility index (Phi) is 7.64. The summed E-state index contributed by atoms with van der Waals surface area (Å²) in [6.07, 6.45) is 4.44. The fourth-order valence-electron chi connectivity index (χ4n) is 4.02. The molecule has 4 nitrogen and oxygen atoms in total. The summed E-state index contributed by atoms with van der Waals surface area (Å²) in [5, 5.41) is 3.21. The molecule has 0 atom stereocenters. The number of piperidine rings is 1. The third kappa shape index (κ3) is 6.66. The highest BCUT2D eigenvalue weighted by atomic mass is 28.4. The quantitative estimate of drug-likeness (QED) is 0.661. The van der Waals surface area contributed by atoms with Crippen LogP contribution in [0.3, 0.4) is 0 Å². The smallest absolute Gasteiger partial charge is 0.226 e. The highest BCUT2D eigenvalue weighted by Crippen LogP contribution is 2.29. The second-order valence-corrected chi connectivity index (χ2v) is 12.5. The molecule has 0 saturated carbocycles. The highest BCUT2D eigenvalue weighted by Gasteiger charge is 2.24. The molecule has 3 rings (SSSR count). The van der Waals surface area contributed by atoms with Gasteiger partial charge in [0.15, 0.2) is 0 Å². The molecule has 30 heavy (non-hydrogen) atoms. The van der Waals surface area contributed by atoms with Crippen molar-refractivity contribution in [2.75, 3.05) is 20.1 Å². The lowest BCUT2D eigenvalue weighted by molar-refractivity contribution is -0.131. The fourth-order valence-corrected chi connectivity index (χ4v) is 4.62. The van der Waals surface area contributed by atoms with Gasteiger partial charge >= 0.3 is 0 Å². The summed E-state index contributed by atoms with van der Waals surface area (Å²) in [6.45, 7) is 6.31. The Hall–Kier alpha value is -2.21. The molecular formula is C25H34N2O2Si. The third-order valence-electron chi connectivity index (χ3n) is 5.64. The van der Waals surface area contributed by atoms with Gasteiger partial charge in [-0.15, -0.1) is 0 Å². The summed E-state index contributed by atoms with van der Waals surface area (Å²) in [4.78, 5) is 24.9. The Bertz CT molecular complexity index is 881. The summed E-state index contributed by atoms with van der Waals surface area (Å²) >= 11 is 0. The van der Waals surface area contributed by atoms with Crippen molar-refractivity contribution in [3.05, 3.63) is 76.5 Å². The van der Waals surface area contributed by atoms with Crippen LogP contribution in [0.15, 0.2) is 54.2 Å². The molecule has 0 spiro atoms. The largest absolute Gasteiger partial charge is 0.428 e. The van der Waals surface area contributed by atoms with E-state index in [0.717, 1.165) is 43.6 Å². The highest BCUT2D eigenvalue weighted by molar-refractivity contribution is 6.75. The van der Waals surface area contributed by atoms with Crippen LogP contribution in [0, 0.1) is 0 Å². The average Bonchev–Trinajstić information content (AvgIpc) is 2.73. The molecule has 1 amide bonds. The van der Waals surface area contributed by atoms with Crippen LogP contribution in [0.4, 0.5) is 0 Å². The predicted octanol–water partition coefficient (Wildman–Crippen LogP) is 4.10. The van der Waals surface area contributed by atoms with Crippen molar-refractivity contribution in [1.29, 1.82) is 0 Å². The average molecular weight is 423 g/mol. The van der Waals surface area contributed by atoms with Gasteiger partial charge in [-0.25, -0.2) is 0 Å². The van der Waals surface area contributed by atoms with Gasteiger partial charge in [-0.1, -0.05) is 60.3 Å². The van der Waals surface area contributed by atoms with Gasteiger partial charge in [0.05, 0.1) is 6.42 Å². The van der Waals surface area contributed by atoms with E-state index in [1.165, 1.54) is 11.1 Å². The van der Waals surface area contributed by atoms with Crippen molar-refractivity contribution in [3.63, 3.8) is 0 Å². The number of hydrogen-bond acceptors (Lipinski definition) is 3. The van der Waals surface area contributed by atoms with Crippen LogP contribution in [0.1, 0.15) is 41.0 Å². The van der Waals surface area contributed by atoms with Crippen LogP contribution in [-0.2, 0) is 17.8 Å². The molecule has 2 aromatic rings. The van der Waals surface area contributed by atoms with Crippen LogP contribution in [0.5, 0.6) is 0 Å². The topological polar surface area (TPSA) is 52.6 Å². The van der Waals surface area contributed by atoms with E-state index in [1.807, 2.05) is 55.0 Å². The molecule has 0 aromatic heterocycles. The van der Waals surface area contributed by atoms with Crippen molar-refractivity contribution < 1.29 is 9.59 Å². The van der Waals surface area contributed by atoms with Crippen molar-refractivity contribution in [3.8, 4) is 0 Å². The normalized spacial score (nSPS) is 15.7. The zero-order valence-corrected chi connectivity index (χ0v) is 19.4. The van der Waals surface area contributed by atoms with E-state index in [9.17, 15) is 9.59 Å². The Morgan fingerprint density at radius 1 is 1.13 bits per heavy atom. The Morgan fingerprint density at radius 3 is 2.53 bits per heavy atom. The summed E-state index contributed by atoms with van der Waals surface area (Å²) in [5.41, 5.74) is 6.68. The lowest BCUT2D eigenvalue weighted by atomic mass is 9.88. The minimum absolute atomic E-state index is 0.204. The molecule has 5 heteroatoms. The molecule has 1 aliphatic heterocycles. The van der Waals surface area contributed by atoms with E-state index >= 15 is 0 Å². The maximum atomic E-state index is 12.8. The SMILES string of the molecule is CNCc1cccc(C2CCN(C(=O)Cc3cccc(/C=C/[Si](C)(C)O)c3)CC2)c1. The number of hydrogen-bond donors (Lipinski definition) is 2. The maximum Gasteiger partial charge on any atom is 0.226 e. The first-order chi connectivity index (χ1) is 14.3. The van der Waals surface area contributed by atoms with Crippen LogP contribution >= 0.6 is 0 Å². The van der Waals surface area contributed by atoms with Gasteiger partial charge < -0.3 is 15.0 Å². The molecular weight excluding hydrogens is 388 g/mol. The summed E-state index contributed by atoms with van der Waals surface area (Å²) in [6, 6.07) is 16.9. The molecule has 1 heterocycles. The van der Waals surface area contributed by atoms with E-state index in [4.69, 9.17) is 0 Å². The lowest BCUT2D eigenvalue weighted by Gasteiger charge is -2.32. The number of likely N-dealkylation sites (tertiary alicyclic amines) is 1. The Balaban J connectivity index is 1.56. The molecule has 1 aliphatic rings. The van der Waals surface area contributed by atoms with E-state index in [2.05, 4.69) is 35.6 Å². The van der Waals surface area contributed by atoms with Crippen LogP contribution in [0.2, 0.25) is 13.1 Å². The summed E-state index contributed by atoms with van der Waals surface area (Å²) in [5.74, 6) is 0.737. The second kappa shape index (κ2) is 10.2. The first-order valence-electron chi connectivity index (χ1n) is 10.9. The van der Waals surface area contributed by atoms with Crippen molar-refractivity contribution >= 4 is 20.3 Å². The van der Waals surface area contributed by atoms with E-state index in [0.29, 0.717) is 12.3 Å². The number of benzene rings is 2. The molecule has 1 fully saturated rings. The monoisotopic (exact) mass is 422 g/mol. The van der Waals surface area contributed by atoms with E-state index in [-0.39, 0.29) is 5.91 Å². The van der Waals surface area contributed by atoms with Gasteiger partial charge in [0.1, 0.15) is 0 Å². The number of nitrogens with zero attached hydrogens (tertiary/aromatic N) is 1. The van der Waals surface area contributed by atoms with Crippen molar-refractivity contribution in [2.24, 2.45) is 0 Å². The number of carbonyl (C=O) groups excluding carboxylic acids is 1.